The summed E-state index contributed by atoms with van der Waals surface area (Å²) in [6.07, 6.45) is 81.5. The molecule has 1 atom stereocenters. The molecular formula is C68H118O6. The Labute approximate surface area is 458 Å². The first-order valence-electron chi connectivity index (χ1n) is 31.6. The Morgan fingerprint density at radius 3 is 0.838 bits per heavy atom. The summed E-state index contributed by atoms with van der Waals surface area (Å²) in [6, 6.07) is 0. The first kappa shape index (κ1) is 70.6. The molecule has 0 aromatic rings. The van der Waals surface area contributed by atoms with Gasteiger partial charge in [-0.05, 0) is 96.3 Å². The predicted molar refractivity (Wildman–Crippen MR) is 321 cm³/mol. The van der Waals surface area contributed by atoms with Crippen molar-refractivity contribution >= 4 is 17.9 Å². The number of carbonyl (C=O) groups is 3. The molecule has 74 heavy (non-hydrogen) atoms. The van der Waals surface area contributed by atoms with E-state index in [1.165, 1.54) is 161 Å². The van der Waals surface area contributed by atoms with E-state index in [0.29, 0.717) is 19.3 Å². The fraction of sp³-hybridized carbons (Fsp3) is 0.750. The van der Waals surface area contributed by atoms with Gasteiger partial charge in [0.05, 0.1) is 0 Å². The molecule has 0 rings (SSSR count). The minimum atomic E-state index is -0.784. The van der Waals surface area contributed by atoms with Gasteiger partial charge in [0.15, 0.2) is 6.10 Å². The van der Waals surface area contributed by atoms with Gasteiger partial charge in [0.2, 0.25) is 0 Å². The third-order valence-corrected chi connectivity index (χ3v) is 13.6. The lowest BCUT2D eigenvalue weighted by Gasteiger charge is -2.18. The molecule has 0 aliphatic heterocycles. The van der Waals surface area contributed by atoms with E-state index in [0.717, 1.165) is 109 Å². The highest BCUT2D eigenvalue weighted by molar-refractivity contribution is 5.71. The van der Waals surface area contributed by atoms with Crippen molar-refractivity contribution in [1.29, 1.82) is 0 Å². The standard InChI is InChI=1S/C68H118O6/c1-4-7-10-13-16-19-22-25-27-29-31-32-33-34-35-36-37-39-40-43-46-49-52-55-58-61-67(70)73-64-65(63-72-66(69)60-57-54-51-48-45-42-24-21-18-15-12-9-6-3)74-68(71)62-59-56-53-50-47-44-41-38-30-28-26-23-20-17-14-11-8-5-2/h7,10,16,19,25,27-28,30-32,34-35,37,39,65H,4-6,8-9,11-15,17-18,20-24,26,29,33,36,38,40-64H2,1-3H3/b10-7-,19-16-,27-25-,30-28-,32-31-,35-34-,39-37-. The van der Waals surface area contributed by atoms with Gasteiger partial charge in [0.1, 0.15) is 13.2 Å². The molecule has 0 aromatic carbocycles. The number of ether oxygens (including phenoxy) is 3. The van der Waals surface area contributed by atoms with Gasteiger partial charge in [-0.3, -0.25) is 14.4 Å². The number of carbonyl (C=O) groups excluding carboxylic acids is 3. The lowest BCUT2D eigenvalue weighted by molar-refractivity contribution is -0.167. The van der Waals surface area contributed by atoms with Crippen LogP contribution >= 0.6 is 0 Å². The van der Waals surface area contributed by atoms with Crippen LogP contribution in [0.4, 0.5) is 0 Å². The molecule has 6 heteroatoms. The highest BCUT2D eigenvalue weighted by Crippen LogP contribution is 2.16. The van der Waals surface area contributed by atoms with Crippen molar-refractivity contribution in [2.24, 2.45) is 0 Å². The summed E-state index contributed by atoms with van der Waals surface area (Å²) in [4.78, 5) is 38.3. The molecule has 0 aliphatic carbocycles. The van der Waals surface area contributed by atoms with Crippen molar-refractivity contribution in [3.8, 4) is 0 Å². The third-order valence-electron chi connectivity index (χ3n) is 13.6. The van der Waals surface area contributed by atoms with Crippen molar-refractivity contribution in [1.82, 2.24) is 0 Å². The second-order valence-corrected chi connectivity index (χ2v) is 20.9. The summed E-state index contributed by atoms with van der Waals surface area (Å²) in [5.41, 5.74) is 0. The molecule has 0 aromatic heterocycles. The van der Waals surface area contributed by atoms with Gasteiger partial charge >= 0.3 is 17.9 Å². The molecule has 0 saturated heterocycles. The van der Waals surface area contributed by atoms with Crippen LogP contribution < -0.4 is 0 Å². The van der Waals surface area contributed by atoms with E-state index in [1.807, 2.05) is 0 Å². The van der Waals surface area contributed by atoms with Crippen LogP contribution in [0.15, 0.2) is 85.1 Å². The number of hydrogen-bond acceptors (Lipinski definition) is 6. The zero-order valence-electron chi connectivity index (χ0n) is 48.8. The normalized spacial score (nSPS) is 12.6. The second kappa shape index (κ2) is 62.1. The van der Waals surface area contributed by atoms with Crippen molar-refractivity contribution in [2.75, 3.05) is 13.2 Å². The van der Waals surface area contributed by atoms with Gasteiger partial charge in [-0.25, -0.2) is 0 Å². The highest BCUT2D eigenvalue weighted by Gasteiger charge is 2.19. The van der Waals surface area contributed by atoms with Crippen LogP contribution in [0.2, 0.25) is 0 Å². The van der Waals surface area contributed by atoms with Crippen LogP contribution in [0.1, 0.15) is 310 Å². The van der Waals surface area contributed by atoms with Crippen molar-refractivity contribution in [3.63, 3.8) is 0 Å². The van der Waals surface area contributed by atoms with E-state index in [-0.39, 0.29) is 31.1 Å². The summed E-state index contributed by atoms with van der Waals surface area (Å²) >= 11 is 0. The average molecular weight is 1030 g/mol. The van der Waals surface area contributed by atoms with E-state index in [1.54, 1.807) is 0 Å². The van der Waals surface area contributed by atoms with Gasteiger partial charge in [-0.1, -0.05) is 279 Å². The lowest BCUT2D eigenvalue weighted by atomic mass is 10.0. The lowest BCUT2D eigenvalue weighted by Crippen LogP contribution is -2.30. The van der Waals surface area contributed by atoms with Crippen LogP contribution in [0.25, 0.3) is 0 Å². The molecule has 0 aliphatic rings. The average Bonchev–Trinajstić information content (AvgIpc) is 3.40. The topological polar surface area (TPSA) is 78.9 Å². The Bertz CT molecular complexity index is 1420. The molecule has 0 amide bonds. The third kappa shape index (κ3) is 59.5. The number of rotatable bonds is 57. The summed E-state index contributed by atoms with van der Waals surface area (Å²) in [5, 5.41) is 0. The van der Waals surface area contributed by atoms with Gasteiger partial charge in [0, 0.05) is 19.3 Å². The number of unbranched alkanes of at least 4 members (excludes halogenated alkanes) is 32. The summed E-state index contributed by atoms with van der Waals surface area (Å²) < 4.78 is 16.9. The van der Waals surface area contributed by atoms with E-state index in [9.17, 15) is 14.4 Å². The summed E-state index contributed by atoms with van der Waals surface area (Å²) in [7, 11) is 0. The molecular weight excluding hydrogens is 913 g/mol. The molecule has 0 N–H and O–H groups in total. The van der Waals surface area contributed by atoms with Crippen LogP contribution in [0.5, 0.6) is 0 Å². The first-order chi connectivity index (χ1) is 36.5. The number of allylic oxidation sites excluding steroid dienone is 14. The summed E-state index contributed by atoms with van der Waals surface area (Å²) in [5.74, 6) is -0.887. The number of hydrogen-bond donors (Lipinski definition) is 0. The van der Waals surface area contributed by atoms with Gasteiger partial charge in [0.25, 0.3) is 0 Å². The maximum Gasteiger partial charge on any atom is 0.306 e. The van der Waals surface area contributed by atoms with Crippen molar-refractivity contribution in [3.05, 3.63) is 85.1 Å². The second-order valence-electron chi connectivity index (χ2n) is 20.9. The molecule has 0 radical (unpaired) electrons. The molecule has 0 heterocycles. The number of esters is 3. The monoisotopic (exact) mass is 1030 g/mol. The zero-order valence-corrected chi connectivity index (χ0v) is 48.8. The van der Waals surface area contributed by atoms with Gasteiger partial charge < -0.3 is 14.2 Å². The molecule has 426 valence electrons. The fourth-order valence-electron chi connectivity index (χ4n) is 8.91. The minimum absolute atomic E-state index is 0.0802. The van der Waals surface area contributed by atoms with Crippen LogP contribution in [0.3, 0.4) is 0 Å². The molecule has 0 saturated carbocycles. The summed E-state index contributed by atoms with van der Waals surface area (Å²) in [6.45, 7) is 6.54. The largest absolute Gasteiger partial charge is 0.462 e. The van der Waals surface area contributed by atoms with Crippen LogP contribution in [-0.4, -0.2) is 37.2 Å². The molecule has 6 nitrogen and oxygen atoms in total. The Balaban J connectivity index is 4.36. The van der Waals surface area contributed by atoms with Crippen molar-refractivity contribution in [2.45, 2.75) is 316 Å². The predicted octanol–water partition coefficient (Wildman–Crippen LogP) is 21.5. The van der Waals surface area contributed by atoms with Crippen LogP contribution in [0, 0.1) is 0 Å². The van der Waals surface area contributed by atoms with Crippen molar-refractivity contribution < 1.29 is 28.6 Å². The maximum atomic E-state index is 12.9. The van der Waals surface area contributed by atoms with Gasteiger partial charge in [-0.2, -0.15) is 0 Å². The van der Waals surface area contributed by atoms with E-state index in [4.69, 9.17) is 14.2 Å². The SMILES string of the molecule is CC/C=C\C/C=C\C/C=C\C/C=C\C/C=C\C/C=C\CCCCCCCCC(=O)OCC(COC(=O)CCCCCCCCCCCCCCC)OC(=O)CCCCCCCCC/C=C\CCCCCCCCC. The molecule has 0 fully saturated rings. The first-order valence-corrected chi connectivity index (χ1v) is 31.6. The smallest absolute Gasteiger partial charge is 0.306 e. The fourth-order valence-corrected chi connectivity index (χ4v) is 8.91. The van der Waals surface area contributed by atoms with E-state index < -0.39 is 6.10 Å². The molecule has 1 unspecified atom stereocenters. The Kier molecular flexibility index (Phi) is 59.3. The highest BCUT2D eigenvalue weighted by atomic mass is 16.6. The maximum absolute atomic E-state index is 12.9. The Hall–Kier alpha value is -3.41. The quantitative estimate of drug-likeness (QED) is 0.0261. The Morgan fingerprint density at radius 2 is 0.527 bits per heavy atom. The Morgan fingerprint density at radius 1 is 0.284 bits per heavy atom. The van der Waals surface area contributed by atoms with Gasteiger partial charge in [-0.15, -0.1) is 0 Å². The molecule has 0 bridgehead atoms. The zero-order chi connectivity index (χ0) is 53.6. The van der Waals surface area contributed by atoms with Crippen LogP contribution in [-0.2, 0) is 28.6 Å². The minimum Gasteiger partial charge on any atom is -0.462 e. The van der Waals surface area contributed by atoms with E-state index >= 15 is 0 Å². The molecule has 0 spiro atoms. The van der Waals surface area contributed by atoms with E-state index in [2.05, 4.69) is 106 Å².